The minimum absolute atomic E-state index is 0.122. The van der Waals surface area contributed by atoms with Gasteiger partial charge in [0.1, 0.15) is 11.6 Å². The predicted octanol–water partition coefficient (Wildman–Crippen LogP) is 3.12. The van der Waals surface area contributed by atoms with Crippen molar-refractivity contribution in [2.75, 3.05) is 11.9 Å². The number of imide groups is 1. The molecule has 3 amide bonds. The van der Waals surface area contributed by atoms with Gasteiger partial charge in [-0.3, -0.25) is 10.1 Å². The molecule has 9 heteroatoms. The average molecular weight is 369 g/mol. The SMILES string of the molecule is O=C(COC(=O)c1ccc(F)cc1Cl)NC(=O)Nc1ccccc1F. The van der Waals surface area contributed by atoms with Crippen LogP contribution in [-0.4, -0.2) is 24.5 Å². The van der Waals surface area contributed by atoms with Crippen molar-refractivity contribution in [3.8, 4) is 0 Å². The highest BCUT2D eigenvalue weighted by molar-refractivity contribution is 6.33. The van der Waals surface area contributed by atoms with Crippen LogP contribution in [0.25, 0.3) is 0 Å². The van der Waals surface area contributed by atoms with Crippen LogP contribution in [0, 0.1) is 11.6 Å². The van der Waals surface area contributed by atoms with E-state index < -0.39 is 36.1 Å². The van der Waals surface area contributed by atoms with Gasteiger partial charge in [-0.15, -0.1) is 0 Å². The molecule has 0 unspecified atom stereocenters. The maximum atomic E-state index is 13.4. The summed E-state index contributed by atoms with van der Waals surface area (Å²) < 4.78 is 30.9. The number of para-hydroxylation sites is 1. The fourth-order valence-corrected chi connectivity index (χ4v) is 1.99. The molecule has 0 spiro atoms. The molecule has 0 saturated carbocycles. The lowest BCUT2D eigenvalue weighted by molar-refractivity contribution is -0.123. The van der Waals surface area contributed by atoms with E-state index in [1.807, 2.05) is 5.32 Å². The van der Waals surface area contributed by atoms with E-state index >= 15 is 0 Å². The zero-order valence-electron chi connectivity index (χ0n) is 12.5. The summed E-state index contributed by atoms with van der Waals surface area (Å²) in [5, 5.41) is 3.81. The first-order valence-electron chi connectivity index (χ1n) is 6.84. The molecule has 0 fully saturated rings. The summed E-state index contributed by atoms with van der Waals surface area (Å²) >= 11 is 5.69. The van der Waals surface area contributed by atoms with Gasteiger partial charge in [0.2, 0.25) is 0 Å². The number of carbonyl (C=O) groups excluding carboxylic acids is 3. The predicted molar refractivity (Wildman–Crippen MR) is 85.3 cm³/mol. The van der Waals surface area contributed by atoms with E-state index in [0.29, 0.717) is 0 Å². The van der Waals surface area contributed by atoms with E-state index in [0.717, 1.165) is 24.3 Å². The molecule has 0 atom stereocenters. The van der Waals surface area contributed by atoms with Gasteiger partial charge in [0, 0.05) is 0 Å². The Morgan fingerprint density at radius 1 is 1.08 bits per heavy atom. The Hall–Kier alpha value is -3.00. The number of nitrogens with one attached hydrogen (secondary N) is 2. The third kappa shape index (κ3) is 5.25. The number of benzene rings is 2. The molecule has 2 rings (SSSR count). The molecule has 0 aromatic heterocycles. The minimum atomic E-state index is -0.994. The van der Waals surface area contributed by atoms with Crippen LogP contribution in [-0.2, 0) is 9.53 Å². The van der Waals surface area contributed by atoms with Gasteiger partial charge in [0.15, 0.2) is 6.61 Å². The van der Waals surface area contributed by atoms with E-state index in [9.17, 15) is 23.2 Å². The van der Waals surface area contributed by atoms with Crippen LogP contribution in [0.4, 0.5) is 19.3 Å². The number of carbonyl (C=O) groups is 3. The van der Waals surface area contributed by atoms with Crippen LogP contribution in [0.5, 0.6) is 0 Å². The molecular weight excluding hydrogens is 358 g/mol. The lowest BCUT2D eigenvalue weighted by Gasteiger charge is -2.08. The number of esters is 1. The molecule has 0 aliphatic heterocycles. The molecule has 2 aromatic rings. The van der Waals surface area contributed by atoms with Crippen LogP contribution in [0.2, 0.25) is 5.02 Å². The Balaban J connectivity index is 1.85. The molecule has 2 N–H and O–H groups in total. The van der Waals surface area contributed by atoms with Crippen LogP contribution >= 0.6 is 11.6 Å². The number of anilines is 1. The molecule has 25 heavy (non-hydrogen) atoms. The lowest BCUT2D eigenvalue weighted by atomic mass is 10.2. The van der Waals surface area contributed by atoms with E-state index in [2.05, 4.69) is 10.1 Å². The number of amides is 3. The highest BCUT2D eigenvalue weighted by Gasteiger charge is 2.16. The molecule has 2 aromatic carbocycles. The van der Waals surface area contributed by atoms with Gasteiger partial charge in [-0.1, -0.05) is 23.7 Å². The largest absolute Gasteiger partial charge is 0.452 e. The van der Waals surface area contributed by atoms with Crippen LogP contribution in [0.3, 0.4) is 0 Å². The molecule has 0 aliphatic rings. The second kappa shape index (κ2) is 8.20. The van der Waals surface area contributed by atoms with Crippen molar-refractivity contribution in [3.05, 3.63) is 64.7 Å². The van der Waals surface area contributed by atoms with Crippen molar-refractivity contribution in [1.29, 1.82) is 0 Å². The Morgan fingerprint density at radius 2 is 1.80 bits per heavy atom. The van der Waals surface area contributed by atoms with Crippen molar-refractivity contribution in [2.45, 2.75) is 0 Å². The zero-order valence-corrected chi connectivity index (χ0v) is 13.3. The van der Waals surface area contributed by atoms with Crippen LogP contribution in [0.1, 0.15) is 10.4 Å². The van der Waals surface area contributed by atoms with Gasteiger partial charge in [0.05, 0.1) is 16.3 Å². The summed E-state index contributed by atoms with van der Waals surface area (Å²) in [6.45, 7) is -0.781. The molecular formula is C16H11ClF2N2O4. The highest BCUT2D eigenvalue weighted by atomic mass is 35.5. The molecule has 0 heterocycles. The molecule has 6 nitrogen and oxygen atoms in total. The van der Waals surface area contributed by atoms with Gasteiger partial charge < -0.3 is 10.1 Å². The standard InChI is InChI=1S/C16H11ClF2N2O4/c17-11-7-9(18)5-6-10(11)15(23)25-8-14(22)21-16(24)20-13-4-2-1-3-12(13)19/h1-7H,8H2,(H2,20,21,22,24). The Morgan fingerprint density at radius 3 is 2.48 bits per heavy atom. The quantitative estimate of drug-likeness (QED) is 0.812. The lowest BCUT2D eigenvalue weighted by Crippen LogP contribution is -2.37. The van der Waals surface area contributed by atoms with Crippen molar-refractivity contribution >= 4 is 35.2 Å². The highest BCUT2D eigenvalue weighted by Crippen LogP contribution is 2.18. The molecule has 130 valence electrons. The van der Waals surface area contributed by atoms with Crippen LogP contribution < -0.4 is 10.6 Å². The third-order valence-electron chi connectivity index (χ3n) is 2.86. The molecule has 0 saturated heterocycles. The number of ether oxygens (including phenoxy) is 1. The summed E-state index contributed by atoms with van der Waals surface area (Å²) in [5.74, 6) is -3.22. The number of hydrogen-bond donors (Lipinski definition) is 2. The number of halogens is 3. The van der Waals surface area contributed by atoms with E-state index in [1.165, 1.54) is 18.2 Å². The summed E-state index contributed by atoms with van der Waals surface area (Å²) in [4.78, 5) is 34.9. The van der Waals surface area contributed by atoms with Gasteiger partial charge in [-0.25, -0.2) is 18.4 Å². The van der Waals surface area contributed by atoms with Crippen molar-refractivity contribution < 1.29 is 27.9 Å². The van der Waals surface area contributed by atoms with Gasteiger partial charge >= 0.3 is 12.0 Å². The van der Waals surface area contributed by atoms with Gasteiger partial charge in [0.25, 0.3) is 5.91 Å². The fourth-order valence-electron chi connectivity index (χ4n) is 1.74. The normalized spacial score (nSPS) is 10.0. The first kappa shape index (κ1) is 18.3. The zero-order chi connectivity index (χ0) is 18.4. The number of hydrogen-bond acceptors (Lipinski definition) is 4. The minimum Gasteiger partial charge on any atom is -0.452 e. The third-order valence-corrected chi connectivity index (χ3v) is 3.17. The Labute approximate surface area is 145 Å². The van der Waals surface area contributed by atoms with Crippen LogP contribution in [0.15, 0.2) is 42.5 Å². The van der Waals surface area contributed by atoms with Crippen molar-refractivity contribution in [3.63, 3.8) is 0 Å². The number of rotatable bonds is 4. The fraction of sp³-hybridized carbons (Fsp3) is 0.0625. The average Bonchev–Trinajstić information content (AvgIpc) is 2.54. The Bertz CT molecular complexity index is 830. The smallest absolute Gasteiger partial charge is 0.340 e. The second-order valence-electron chi connectivity index (χ2n) is 4.68. The van der Waals surface area contributed by atoms with Gasteiger partial charge in [-0.05, 0) is 30.3 Å². The first-order chi connectivity index (χ1) is 11.9. The van der Waals surface area contributed by atoms with E-state index in [4.69, 9.17) is 11.6 Å². The maximum Gasteiger partial charge on any atom is 0.340 e. The van der Waals surface area contributed by atoms with Crippen molar-refractivity contribution in [2.24, 2.45) is 0 Å². The van der Waals surface area contributed by atoms with Gasteiger partial charge in [-0.2, -0.15) is 0 Å². The van der Waals surface area contributed by atoms with Crippen molar-refractivity contribution in [1.82, 2.24) is 5.32 Å². The summed E-state index contributed by atoms with van der Waals surface area (Å²) in [7, 11) is 0. The summed E-state index contributed by atoms with van der Waals surface area (Å²) in [5.41, 5.74) is -0.255. The monoisotopic (exact) mass is 368 g/mol. The molecule has 0 aliphatic carbocycles. The maximum absolute atomic E-state index is 13.4. The number of urea groups is 1. The Kier molecular flexibility index (Phi) is 6.02. The molecule has 0 bridgehead atoms. The summed E-state index contributed by atoms with van der Waals surface area (Å²) in [6.07, 6.45) is 0. The van der Waals surface area contributed by atoms with E-state index in [1.54, 1.807) is 0 Å². The topological polar surface area (TPSA) is 84.5 Å². The first-order valence-corrected chi connectivity index (χ1v) is 7.22. The second-order valence-corrected chi connectivity index (χ2v) is 5.09. The molecule has 0 radical (unpaired) electrons. The summed E-state index contributed by atoms with van der Waals surface area (Å²) in [6, 6.07) is 7.39. The van der Waals surface area contributed by atoms with E-state index in [-0.39, 0.29) is 16.3 Å².